The molecule has 5 rings (SSSR count). The predicted octanol–water partition coefficient (Wildman–Crippen LogP) is 5.84. The van der Waals surface area contributed by atoms with Gasteiger partial charge in [-0.2, -0.15) is 0 Å². The Bertz CT molecular complexity index is 1310. The van der Waals surface area contributed by atoms with Gasteiger partial charge in [0.05, 0.1) is 10.7 Å². The molecule has 0 spiro atoms. The number of anilines is 2. The number of aromatic nitrogens is 1. The number of benzene rings is 2. The molecule has 0 saturated carbocycles. The van der Waals surface area contributed by atoms with Gasteiger partial charge in [0.15, 0.2) is 5.13 Å². The number of hydrogen-bond donors (Lipinski definition) is 1. The van der Waals surface area contributed by atoms with Crippen molar-refractivity contribution < 1.29 is 9.59 Å². The molecule has 1 aliphatic heterocycles. The Morgan fingerprint density at radius 1 is 1.20 bits per heavy atom. The Kier molecular flexibility index (Phi) is 4.81. The molecule has 2 aromatic carbocycles. The number of nitrogens with zero attached hydrogens (tertiary/aromatic N) is 2. The lowest BCUT2D eigenvalue weighted by molar-refractivity contribution is -0.116. The zero-order chi connectivity index (χ0) is 20.8. The molecule has 0 radical (unpaired) electrons. The van der Waals surface area contributed by atoms with E-state index in [0.29, 0.717) is 21.6 Å². The van der Waals surface area contributed by atoms with Gasteiger partial charge in [0.2, 0.25) is 5.91 Å². The number of amides is 2. The number of halogens is 1. The molecule has 1 N–H and O–H groups in total. The van der Waals surface area contributed by atoms with Crippen LogP contribution in [0.5, 0.6) is 0 Å². The van der Waals surface area contributed by atoms with Gasteiger partial charge in [-0.15, -0.1) is 22.7 Å². The molecule has 0 fully saturated rings. The maximum absolute atomic E-state index is 12.7. The number of fused-ring (bicyclic) bond motifs is 2. The quantitative estimate of drug-likeness (QED) is 0.424. The number of carbonyl (C=O) groups excluding carboxylic acids is 2. The van der Waals surface area contributed by atoms with Crippen LogP contribution in [0.2, 0.25) is 5.02 Å². The summed E-state index contributed by atoms with van der Waals surface area (Å²) in [7, 11) is 0. The number of rotatable bonds is 3. The highest BCUT2D eigenvalue weighted by Crippen LogP contribution is 2.36. The third-order valence-electron chi connectivity index (χ3n) is 5.12. The molecule has 2 aromatic heterocycles. The van der Waals surface area contributed by atoms with Crippen LogP contribution in [0.4, 0.5) is 10.8 Å². The number of carbonyl (C=O) groups is 2. The Morgan fingerprint density at radius 3 is 2.83 bits per heavy atom. The first-order valence-corrected chi connectivity index (χ1v) is 11.4. The van der Waals surface area contributed by atoms with Crippen LogP contribution < -0.4 is 10.2 Å². The van der Waals surface area contributed by atoms with Crippen molar-refractivity contribution in [2.24, 2.45) is 0 Å². The average Bonchev–Trinajstić information content (AvgIpc) is 3.45. The van der Waals surface area contributed by atoms with Crippen LogP contribution in [0.3, 0.4) is 0 Å². The minimum absolute atomic E-state index is 0.0556. The fourth-order valence-electron chi connectivity index (χ4n) is 3.67. The summed E-state index contributed by atoms with van der Waals surface area (Å²) in [6.45, 7) is 2.30. The van der Waals surface area contributed by atoms with E-state index in [1.807, 2.05) is 41.8 Å². The topological polar surface area (TPSA) is 62.3 Å². The van der Waals surface area contributed by atoms with Crippen molar-refractivity contribution in [1.82, 2.24) is 4.98 Å². The Labute approximate surface area is 185 Å². The van der Waals surface area contributed by atoms with Gasteiger partial charge in [-0.25, -0.2) is 4.98 Å². The maximum Gasteiger partial charge on any atom is 0.269 e. The summed E-state index contributed by atoms with van der Waals surface area (Å²) >= 11 is 9.16. The van der Waals surface area contributed by atoms with E-state index in [2.05, 4.69) is 16.4 Å². The summed E-state index contributed by atoms with van der Waals surface area (Å²) < 4.78 is 0.977. The van der Waals surface area contributed by atoms with Gasteiger partial charge in [0.25, 0.3) is 5.91 Å². The van der Waals surface area contributed by atoms with Gasteiger partial charge in [0, 0.05) is 40.2 Å². The molecular formula is C22H16ClN3O2S2. The lowest BCUT2D eigenvalue weighted by Crippen LogP contribution is -2.25. The van der Waals surface area contributed by atoms with Crippen molar-refractivity contribution in [3.63, 3.8) is 0 Å². The largest absolute Gasteiger partial charge is 0.312 e. The number of thiazole rings is 1. The second-order valence-corrected chi connectivity index (χ2v) is 9.29. The molecule has 30 heavy (non-hydrogen) atoms. The zero-order valence-electron chi connectivity index (χ0n) is 15.9. The van der Waals surface area contributed by atoms with Crippen molar-refractivity contribution in [1.29, 1.82) is 0 Å². The van der Waals surface area contributed by atoms with E-state index in [0.717, 1.165) is 39.0 Å². The van der Waals surface area contributed by atoms with Gasteiger partial charge < -0.3 is 4.90 Å². The van der Waals surface area contributed by atoms with E-state index in [-0.39, 0.29) is 11.8 Å². The lowest BCUT2D eigenvalue weighted by Gasteiger charge is -2.14. The van der Waals surface area contributed by atoms with Crippen molar-refractivity contribution in [3.8, 4) is 11.3 Å². The molecular weight excluding hydrogens is 438 g/mol. The normalized spacial score (nSPS) is 12.9. The molecule has 2 amide bonds. The summed E-state index contributed by atoms with van der Waals surface area (Å²) in [6.07, 6.45) is 0.834. The Morgan fingerprint density at radius 2 is 2.03 bits per heavy atom. The monoisotopic (exact) mass is 453 g/mol. The van der Waals surface area contributed by atoms with Crippen molar-refractivity contribution in [2.75, 3.05) is 16.8 Å². The van der Waals surface area contributed by atoms with Crippen LogP contribution in [-0.4, -0.2) is 23.3 Å². The van der Waals surface area contributed by atoms with Crippen LogP contribution in [0.15, 0.2) is 47.8 Å². The summed E-state index contributed by atoms with van der Waals surface area (Å²) in [5.41, 5.74) is 3.87. The molecule has 0 saturated heterocycles. The fourth-order valence-corrected chi connectivity index (χ4v) is 5.79. The smallest absolute Gasteiger partial charge is 0.269 e. The molecule has 0 unspecified atom stereocenters. The van der Waals surface area contributed by atoms with Gasteiger partial charge in [-0.3, -0.25) is 14.9 Å². The third-order valence-corrected chi connectivity index (χ3v) is 7.55. The SMILES string of the molecule is CC(=O)N1CCc2cc(-c3csc(NC(=O)c4sc5ccccc5c4Cl)n3)ccc21. The molecule has 4 aromatic rings. The second kappa shape index (κ2) is 7.50. The van der Waals surface area contributed by atoms with E-state index >= 15 is 0 Å². The fraction of sp³-hybridized carbons (Fsp3) is 0.136. The first kappa shape index (κ1) is 19.2. The number of nitrogens with one attached hydrogen (secondary N) is 1. The summed E-state index contributed by atoms with van der Waals surface area (Å²) in [4.78, 5) is 31.3. The van der Waals surface area contributed by atoms with Crippen LogP contribution in [0.25, 0.3) is 21.3 Å². The lowest BCUT2D eigenvalue weighted by atomic mass is 10.1. The first-order valence-electron chi connectivity index (χ1n) is 9.36. The highest BCUT2D eigenvalue weighted by molar-refractivity contribution is 7.21. The average molecular weight is 454 g/mol. The van der Waals surface area contributed by atoms with Gasteiger partial charge >= 0.3 is 0 Å². The zero-order valence-corrected chi connectivity index (χ0v) is 18.3. The van der Waals surface area contributed by atoms with E-state index in [4.69, 9.17) is 11.6 Å². The Hall–Kier alpha value is -2.74. The standard InChI is InChI=1S/C22H16ClN3O2S2/c1-12(27)26-9-8-14-10-13(6-7-17(14)26)16-11-29-22(24-16)25-21(28)20-19(23)15-4-2-3-5-18(15)30-20/h2-7,10-11H,8-9H2,1H3,(H,24,25,28). The van der Waals surface area contributed by atoms with Crippen molar-refractivity contribution in [3.05, 3.63) is 63.3 Å². The van der Waals surface area contributed by atoms with E-state index in [9.17, 15) is 9.59 Å². The summed E-state index contributed by atoms with van der Waals surface area (Å²) in [6, 6.07) is 13.7. The number of thiophene rings is 1. The first-order chi connectivity index (χ1) is 14.5. The third kappa shape index (κ3) is 3.29. The van der Waals surface area contributed by atoms with E-state index < -0.39 is 0 Å². The molecule has 8 heteroatoms. The highest BCUT2D eigenvalue weighted by Gasteiger charge is 2.23. The molecule has 0 atom stereocenters. The second-order valence-electron chi connectivity index (χ2n) is 7.00. The molecule has 0 aliphatic carbocycles. The van der Waals surface area contributed by atoms with Crippen molar-refractivity contribution >= 4 is 67.0 Å². The number of hydrogen-bond acceptors (Lipinski definition) is 5. The van der Waals surface area contributed by atoms with Crippen molar-refractivity contribution in [2.45, 2.75) is 13.3 Å². The van der Waals surface area contributed by atoms with E-state index in [1.165, 1.54) is 22.7 Å². The summed E-state index contributed by atoms with van der Waals surface area (Å²) in [5, 5.41) is 6.66. The molecule has 3 heterocycles. The minimum atomic E-state index is -0.256. The van der Waals surface area contributed by atoms with Gasteiger partial charge in [-0.05, 0) is 30.2 Å². The molecule has 0 bridgehead atoms. The van der Waals surface area contributed by atoms with E-state index in [1.54, 1.807) is 11.8 Å². The molecule has 1 aliphatic rings. The molecule has 150 valence electrons. The molecule has 5 nitrogen and oxygen atoms in total. The minimum Gasteiger partial charge on any atom is -0.312 e. The van der Waals surface area contributed by atoms with Crippen LogP contribution in [0, 0.1) is 0 Å². The Balaban J connectivity index is 1.38. The van der Waals surface area contributed by atoms with Crippen LogP contribution >= 0.6 is 34.3 Å². The summed E-state index contributed by atoms with van der Waals surface area (Å²) in [5.74, 6) is -0.201. The van der Waals surface area contributed by atoms with Crippen LogP contribution in [-0.2, 0) is 11.2 Å². The maximum atomic E-state index is 12.7. The predicted molar refractivity (Wildman–Crippen MR) is 124 cm³/mol. The van der Waals surface area contributed by atoms with Gasteiger partial charge in [0.1, 0.15) is 4.88 Å². The highest BCUT2D eigenvalue weighted by atomic mass is 35.5. The van der Waals surface area contributed by atoms with Crippen LogP contribution in [0.1, 0.15) is 22.2 Å². The van der Waals surface area contributed by atoms with Gasteiger partial charge in [-0.1, -0.05) is 35.9 Å².